The monoisotopic (exact) mass is 397 g/mol. The number of aromatic nitrogens is 3. The molecule has 1 saturated heterocycles. The summed E-state index contributed by atoms with van der Waals surface area (Å²) in [4.78, 5) is 17.9. The van der Waals surface area contributed by atoms with Gasteiger partial charge >= 0.3 is 0 Å². The van der Waals surface area contributed by atoms with Gasteiger partial charge in [-0.2, -0.15) is 0 Å². The van der Waals surface area contributed by atoms with Crippen LogP contribution in [0.4, 0.5) is 11.6 Å². The minimum absolute atomic E-state index is 0.0471. The molecule has 0 saturated carbocycles. The van der Waals surface area contributed by atoms with E-state index in [1.165, 1.54) is 54.4 Å². The Kier molecular flexibility index (Phi) is 4.80. The molecule has 1 atom stereocenters. The van der Waals surface area contributed by atoms with E-state index >= 15 is 0 Å². The fourth-order valence-electron chi connectivity index (χ4n) is 4.59. The van der Waals surface area contributed by atoms with Gasteiger partial charge in [-0.25, -0.2) is 15.0 Å². The van der Waals surface area contributed by atoms with Gasteiger partial charge in [-0.15, -0.1) is 11.3 Å². The van der Waals surface area contributed by atoms with Gasteiger partial charge in [-0.05, 0) is 63.0 Å². The van der Waals surface area contributed by atoms with Gasteiger partial charge in [-0.1, -0.05) is 0 Å². The zero-order valence-corrected chi connectivity index (χ0v) is 17.2. The highest BCUT2D eigenvalue weighted by molar-refractivity contribution is 7.26. The topological polar surface area (TPSA) is 74.2 Å². The molecule has 2 aliphatic rings. The number of rotatable bonds is 4. The van der Waals surface area contributed by atoms with Gasteiger partial charge < -0.3 is 15.3 Å². The number of aliphatic hydroxyl groups is 1. The Bertz CT molecular complexity index is 1010. The molecular weight excluding hydrogens is 370 g/mol. The molecule has 5 rings (SSSR count). The zero-order valence-electron chi connectivity index (χ0n) is 16.4. The van der Waals surface area contributed by atoms with Crippen LogP contribution in [-0.2, 0) is 12.8 Å². The fourth-order valence-corrected chi connectivity index (χ4v) is 5.70. The minimum atomic E-state index is -0.0471. The number of anilines is 2. The van der Waals surface area contributed by atoms with E-state index < -0.39 is 0 Å². The molecule has 0 bridgehead atoms. The molecule has 0 radical (unpaired) electrons. The Morgan fingerprint density at radius 2 is 1.89 bits per heavy atom. The molecule has 0 amide bonds. The Morgan fingerprint density at radius 1 is 1.11 bits per heavy atom. The van der Waals surface area contributed by atoms with E-state index in [0.717, 1.165) is 46.8 Å². The summed E-state index contributed by atoms with van der Waals surface area (Å²) in [6.45, 7) is 4.27. The second-order valence-electron chi connectivity index (χ2n) is 8.06. The largest absolute Gasteiger partial charge is 0.394 e. The lowest BCUT2D eigenvalue weighted by Gasteiger charge is -2.31. The Hall–Kier alpha value is -1.99. The normalized spacial score (nSPS) is 18.4. The van der Waals surface area contributed by atoms with Crippen molar-refractivity contribution in [1.82, 2.24) is 15.0 Å². The third-order valence-corrected chi connectivity index (χ3v) is 7.09. The molecule has 1 aliphatic carbocycles. The maximum atomic E-state index is 9.43. The van der Waals surface area contributed by atoms with Gasteiger partial charge in [0.2, 0.25) is 0 Å². The number of pyridine rings is 1. The molecule has 148 valence electrons. The molecule has 3 aromatic rings. The maximum Gasteiger partial charge on any atom is 0.147 e. The Balaban J connectivity index is 1.72. The highest BCUT2D eigenvalue weighted by Crippen LogP contribution is 2.43. The highest BCUT2D eigenvalue weighted by Gasteiger charge is 2.26. The lowest BCUT2D eigenvalue weighted by atomic mass is 9.89. The minimum Gasteiger partial charge on any atom is -0.394 e. The summed E-state index contributed by atoms with van der Waals surface area (Å²) in [5, 5.41) is 14.0. The van der Waals surface area contributed by atoms with Crippen LogP contribution in [-0.4, -0.2) is 45.8 Å². The molecule has 6 nitrogen and oxygen atoms in total. The quantitative estimate of drug-likeness (QED) is 0.695. The molecule has 3 aromatic heterocycles. The number of thiophene rings is 1. The summed E-state index contributed by atoms with van der Waals surface area (Å²) >= 11 is 1.68. The maximum absolute atomic E-state index is 9.43. The Morgan fingerprint density at radius 3 is 2.68 bits per heavy atom. The molecule has 1 fully saturated rings. The van der Waals surface area contributed by atoms with Crippen LogP contribution in [0.15, 0.2) is 6.33 Å². The number of aryl methyl sites for hydroxylation is 1. The predicted octanol–water partition coefficient (Wildman–Crippen LogP) is 3.90. The van der Waals surface area contributed by atoms with Crippen LogP contribution in [0.25, 0.3) is 20.4 Å². The summed E-state index contributed by atoms with van der Waals surface area (Å²) in [6, 6.07) is -0.0471. The highest BCUT2D eigenvalue weighted by atomic mass is 32.1. The van der Waals surface area contributed by atoms with Gasteiger partial charge in [0.25, 0.3) is 0 Å². The Labute approximate surface area is 169 Å². The van der Waals surface area contributed by atoms with Gasteiger partial charge in [-0.3, -0.25) is 0 Å². The van der Waals surface area contributed by atoms with Crippen molar-refractivity contribution < 1.29 is 5.11 Å². The second kappa shape index (κ2) is 7.44. The third kappa shape index (κ3) is 3.01. The standard InChI is InChI=1S/C21H27N5OS/c1-13(11-27)24-19-18-17(22-12-23-19)16-14-7-3-4-8-15(14)20(25-21(16)28-18)26-9-5-2-6-10-26/h12-13,27H,2-11H2,1H3,(H,22,23,24)/t13-/m0/s1. The second-order valence-corrected chi connectivity index (χ2v) is 9.06. The molecular formula is C21H27N5OS. The SMILES string of the molecule is C[C@@H](CO)Nc1ncnc2c1sc1nc(N3CCCCC3)c3c(c12)CCCC3. The van der Waals surface area contributed by atoms with Crippen LogP contribution in [0, 0.1) is 0 Å². The summed E-state index contributed by atoms with van der Waals surface area (Å²) < 4.78 is 1.05. The van der Waals surface area contributed by atoms with Crippen molar-refractivity contribution in [2.75, 3.05) is 29.9 Å². The molecule has 4 heterocycles. The number of hydrogen-bond acceptors (Lipinski definition) is 7. The number of aliphatic hydroxyl groups excluding tert-OH is 1. The van der Waals surface area contributed by atoms with Gasteiger partial charge in [0.1, 0.15) is 22.8 Å². The summed E-state index contributed by atoms with van der Waals surface area (Å²) in [7, 11) is 0. The molecule has 1 aliphatic heterocycles. The van der Waals surface area contributed by atoms with E-state index in [9.17, 15) is 5.11 Å². The molecule has 0 aromatic carbocycles. The number of fused-ring (bicyclic) bond motifs is 5. The molecule has 28 heavy (non-hydrogen) atoms. The van der Waals surface area contributed by atoms with E-state index in [0.29, 0.717) is 0 Å². The molecule has 0 unspecified atom stereocenters. The van der Waals surface area contributed by atoms with Crippen LogP contribution in [0.1, 0.15) is 50.2 Å². The lowest BCUT2D eigenvalue weighted by molar-refractivity contribution is 0.281. The fraction of sp³-hybridized carbons (Fsp3) is 0.571. The number of nitrogens with zero attached hydrogens (tertiary/aromatic N) is 4. The molecule has 0 spiro atoms. The number of hydrogen-bond donors (Lipinski definition) is 2. The molecule has 2 N–H and O–H groups in total. The van der Waals surface area contributed by atoms with Crippen LogP contribution >= 0.6 is 11.3 Å². The van der Waals surface area contributed by atoms with E-state index in [1.807, 2.05) is 6.92 Å². The third-order valence-electron chi connectivity index (χ3n) is 6.01. The van der Waals surface area contributed by atoms with Gasteiger partial charge in [0, 0.05) is 24.5 Å². The summed E-state index contributed by atoms with van der Waals surface area (Å²) in [5.74, 6) is 2.03. The first-order chi connectivity index (χ1) is 13.8. The average Bonchev–Trinajstić information content (AvgIpc) is 3.13. The van der Waals surface area contributed by atoms with E-state index in [-0.39, 0.29) is 12.6 Å². The average molecular weight is 398 g/mol. The first-order valence-electron chi connectivity index (χ1n) is 10.5. The number of piperidine rings is 1. The lowest BCUT2D eigenvalue weighted by Crippen LogP contribution is -2.31. The van der Waals surface area contributed by atoms with Gasteiger partial charge in [0.15, 0.2) is 0 Å². The van der Waals surface area contributed by atoms with E-state index in [1.54, 1.807) is 17.7 Å². The predicted molar refractivity (Wildman–Crippen MR) is 116 cm³/mol. The van der Waals surface area contributed by atoms with Crippen molar-refractivity contribution in [3.63, 3.8) is 0 Å². The van der Waals surface area contributed by atoms with E-state index in [2.05, 4.69) is 20.2 Å². The summed E-state index contributed by atoms with van der Waals surface area (Å²) in [5.41, 5.74) is 3.93. The van der Waals surface area contributed by atoms with Crippen molar-refractivity contribution in [2.24, 2.45) is 0 Å². The number of nitrogens with one attached hydrogen (secondary N) is 1. The van der Waals surface area contributed by atoms with E-state index in [4.69, 9.17) is 4.98 Å². The van der Waals surface area contributed by atoms with Crippen molar-refractivity contribution in [3.8, 4) is 0 Å². The van der Waals surface area contributed by atoms with Crippen LogP contribution in [0.3, 0.4) is 0 Å². The molecule has 7 heteroatoms. The van der Waals surface area contributed by atoms with Crippen molar-refractivity contribution in [2.45, 2.75) is 57.9 Å². The summed E-state index contributed by atoms with van der Waals surface area (Å²) in [6.07, 6.45) is 10.2. The van der Waals surface area contributed by atoms with Crippen LogP contribution in [0.2, 0.25) is 0 Å². The van der Waals surface area contributed by atoms with Crippen molar-refractivity contribution in [1.29, 1.82) is 0 Å². The van der Waals surface area contributed by atoms with Crippen molar-refractivity contribution in [3.05, 3.63) is 17.5 Å². The van der Waals surface area contributed by atoms with Gasteiger partial charge in [0.05, 0.1) is 16.8 Å². The zero-order chi connectivity index (χ0) is 19.1. The van der Waals surface area contributed by atoms with Crippen molar-refractivity contribution >= 4 is 43.4 Å². The smallest absolute Gasteiger partial charge is 0.147 e. The first-order valence-corrected chi connectivity index (χ1v) is 11.3. The van der Waals surface area contributed by atoms with Crippen LogP contribution in [0.5, 0.6) is 0 Å². The van der Waals surface area contributed by atoms with Crippen LogP contribution < -0.4 is 10.2 Å². The first kappa shape index (κ1) is 18.1.